The smallest absolute Gasteiger partial charge is 0.122 e. The molecule has 21 heavy (non-hydrogen) atoms. The Morgan fingerprint density at radius 2 is 1.52 bits per heavy atom. The molecule has 0 saturated heterocycles. The van der Waals surface area contributed by atoms with Gasteiger partial charge in [-0.15, -0.1) is 0 Å². The first kappa shape index (κ1) is 15.4. The highest BCUT2D eigenvalue weighted by atomic mass is 16.5. The molecular weight excluding hydrogens is 262 g/mol. The van der Waals surface area contributed by atoms with Gasteiger partial charge in [0.1, 0.15) is 11.5 Å². The van der Waals surface area contributed by atoms with Gasteiger partial charge in [0.25, 0.3) is 0 Å². The second-order valence-electron chi connectivity index (χ2n) is 5.25. The SMILES string of the molecule is COc1cc(CNCc2ccc(C)cc2C)cc(OC)c1. The van der Waals surface area contributed by atoms with E-state index in [1.165, 1.54) is 16.7 Å². The second kappa shape index (κ2) is 7.14. The Kier molecular flexibility index (Phi) is 5.23. The number of rotatable bonds is 6. The fraction of sp³-hybridized carbons (Fsp3) is 0.333. The lowest BCUT2D eigenvalue weighted by Gasteiger charge is -2.11. The highest BCUT2D eigenvalue weighted by molar-refractivity contribution is 5.38. The zero-order chi connectivity index (χ0) is 15.2. The monoisotopic (exact) mass is 285 g/mol. The van der Waals surface area contributed by atoms with Crippen LogP contribution in [-0.2, 0) is 13.1 Å². The fourth-order valence-electron chi connectivity index (χ4n) is 2.35. The van der Waals surface area contributed by atoms with Gasteiger partial charge in [-0.2, -0.15) is 0 Å². The van der Waals surface area contributed by atoms with E-state index in [1.807, 2.05) is 18.2 Å². The normalized spacial score (nSPS) is 10.5. The van der Waals surface area contributed by atoms with Gasteiger partial charge in [-0.1, -0.05) is 23.8 Å². The van der Waals surface area contributed by atoms with Gasteiger partial charge < -0.3 is 14.8 Å². The third-order valence-corrected chi connectivity index (χ3v) is 3.55. The molecule has 0 radical (unpaired) electrons. The van der Waals surface area contributed by atoms with Crippen LogP contribution in [0.25, 0.3) is 0 Å². The van der Waals surface area contributed by atoms with Gasteiger partial charge in [-0.05, 0) is 42.7 Å². The van der Waals surface area contributed by atoms with E-state index in [9.17, 15) is 0 Å². The Morgan fingerprint density at radius 1 is 0.857 bits per heavy atom. The van der Waals surface area contributed by atoms with E-state index in [0.717, 1.165) is 30.2 Å². The van der Waals surface area contributed by atoms with Gasteiger partial charge in [0.2, 0.25) is 0 Å². The molecule has 0 saturated carbocycles. The highest BCUT2D eigenvalue weighted by Gasteiger charge is 2.03. The largest absolute Gasteiger partial charge is 0.497 e. The predicted octanol–water partition coefficient (Wildman–Crippen LogP) is 3.61. The van der Waals surface area contributed by atoms with E-state index < -0.39 is 0 Å². The molecule has 2 aromatic carbocycles. The van der Waals surface area contributed by atoms with Gasteiger partial charge in [-0.25, -0.2) is 0 Å². The van der Waals surface area contributed by atoms with Crippen LogP contribution >= 0.6 is 0 Å². The molecule has 0 heterocycles. The molecule has 1 N–H and O–H groups in total. The van der Waals surface area contributed by atoms with Crippen LogP contribution in [-0.4, -0.2) is 14.2 Å². The quantitative estimate of drug-likeness (QED) is 0.879. The number of nitrogens with one attached hydrogen (secondary N) is 1. The van der Waals surface area contributed by atoms with Crippen molar-refractivity contribution in [1.29, 1.82) is 0 Å². The molecule has 2 rings (SSSR count). The molecule has 0 spiro atoms. The molecule has 0 aromatic heterocycles. The lowest BCUT2D eigenvalue weighted by molar-refractivity contribution is 0.393. The number of aryl methyl sites for hydroxylation is 2. The van der Waals surface area contributed by atoms with Gasteiger partial charge in [0.05, 0.1) is 14.2 Å². The average molecular weight is 285 g/mol. The summed E-state index contributed by atoms with van der Waals surface area (Å²) in [6.45, 7) is 5.90. The van der Waals surface area contributed by atoms with Crippen LogP contribution in [0.1, 0.15) is 22.3 Å². The first-order valence-electron chi connectivity index (χ1n) is 7.11. The van der Waals surface area contributed by atoms with Crippen molar-refractivity contribution < 1.29 is 9.47 Å². The van der Waals surface area contributed by atoms with E-state index in [-0.39, 0.29) is 0 Å². The molecule has 0 amide bonds. The molecule has 3 heteroatoms. The van der Waals surface area contributed by atoms with Gasteiger partial charge >= 0.3 is 0 Å². The molecule has 0 aliphatic heterocycles. The van der Waals surface area contributed by atoms with Crippen LogP contribution in [0.4, 0.5) is 0 Å². The van der Waals surface area contributed by atoms with Crippen molar-refractivity contribution in [3.05, 3.63) is 58.7 Å². The van der Waals surface area contributed by atoms with E-state index in [1.54, 1.807) is 14.2 Å². The molecule has 0 aliphatic carbocycles. The molecule has 2 aromatic rings. The summed E-state index contributed by atoms with van der Waals surface area (Å²) < 4.78 is 10.6. The van der Waals surface area contributed by atoms with Crippen molar-refractivity contribution in [2.45, 2.75) is 26.9 Å². The standard InChI is InChI=1S/C18H23NO2/c1-13-5-6-16(14(2)7-13)12-19-11-15-8-17(20-3)10-18(9-15)21-4/h5-10,19H,11-12H2,1-4H3. The van der Waals surface area contributed by atoms with Crippen molar-refractivity contribution in [1.82, 2.24) is 5.32 Å². The number of methoxy groups -OCH3 is 2. The van der Waals surface area contributed by atoms with Crippen molar-refractivity contribution >= 4 is 0 Å². The molecule has 112 valence electrons. The minimum absolute atomic E-state index is 0.779. The van der Waals surface area contributed by atoms with Crippen LogP contribution in [0.3, 0.4) is 0 Å². The zero-order valence-electron chi connectivity index (χ0n) is 13.2. The van der Waals surface area contributed by atoms with Gasteiger partial charge in [0, 0.05) is 19.2 Å². The first-order chi connectivity index (χ1) is 10.1. The fourth-order valence-corrected chi connectivity index (χ4v) is 2.35. The number of ether oxygens (including phenoxy) is 2. The van der Waals surface area contributed by atoms with E-state index >= 15 is 0 Å². The first-order valence-corrected chi connectivity index (χ1v) is 7.11. The zero-order valence-corrected chi connectivity index (χ0v) is 13.2. The summed E-state index contributed by atoms with van der Waals surface area (Å²) >= 11 is 0. The minimum Gasteiger partial charge on any atom is -0.497 e. The maximum Gasteiger partial charge on any atom is 0.122 e. The molecule has 0 aliphatic rings. The summed E-state index contributed by atoms with van der Waals surface area (Å²) in [6, 6.07) is 12.5. The molecule has 0 atom stereocenters. The summed E-state index contributed by atoms with van der Waals surface area (Å²) in [6.07, 6.45) is 0. The third-order valence-electron chi connectivity index (χ3n) is 3.55. The third kappa shape index (κ3) is 4.23. The van der Waals surface area contributed by atoms with Crippen molar-refractivity contribution in [3.63, 3.8) is 0 Å². The molecule has 0 unspecified atom stereocenters. The summed E-state index contributed by atoms with van der Waals surface area (Å²) in [5, 5.41) is 3.47. The average Bonchev–Trinajstić information content (AvgIpc) is 2.49. The molecular formula is C18H23NO2. The Balaban J connectivity index is 1.99. The van der Waals surface area contributed by atoms with E-state index in [4.69, 9.17) is 9.47 Å². The Bertz CT molecular complexity index is 586. The van der Waals surface area contributed by atoms with Gasteiger partial charge in [0.15, 0.2) is 0 Å². The lowest BCUT2D eigenvalue weighted by atomic mass is 10.1. The van der Waals surface area contributed by atoms with Crippen LogP contribution in [0, 0.1) is 13.8 Å². The lowest BCUT2D eigenvalue weighted by Crippen LogP contribution is -2.13. The Hall–Kier alpha value is -2.00. The predicted molar refractivity (Wildman–Crippen MR) is 86.0 cm³/mol. The Labute approximate surface area is 126 Å². The summed E-state index contributed by atoms with van der Waals surface area (Å²) in [7, 11) is 3.34. The number of hydrogen-bond donors (Lipinski definition) is 1. The molecule has 0 bridgehead atoms. The van der Waals surface area contributed by atoms with Gasteiger partial charge in [-0.3, -0.25) is 0 Å². The van der Waals surface area contributed by atoms with Crippen LogP contribution in [0.5, 0.6) is 11.5 Å². The van der Waals surface area contributed by atoms with Crippen molar-refractivity contribution in [2.24, 2.45) is 0 Å². The molecule has 0 fully saturated rings. The van der Waals surface area contributed by atoms with Crippen LogP contribution in [0.2, 0.25) is 0 Å². The molecule has 3 nitrogen and oxygen atoms in total. The Morgan fingerprint density at radius 3 is 2.10 bits per heavy atom. The summed E-state index contributed by atoms with van der Waals surface area (Å²) in [5.41, 5.74) is 5.10. The highest BCUT2D eigenvalue weighted by Crippen LogP contribution is 2.22. The van der Waals surface area contributed by atoms with Crippen LogP contribution < -0.4 is 14.8 Å². The summed E-state index contributed by atoms with van der Waals surface area (Å²) in [5.74, 6) is 1.63. The second-order valence-corrected chi connectivity index (χ2v) is 5.25. The minimum atomic E-state index is 0.779. The topological polar surface area (TPSA) is 30.5 Å². The van der Waals surface area contributed by atoms with E-state index in [0.29, 0.717) is 0 Å². The van der Waals surface area contributed by atoms with Crippen molar-refractivity contribution in [3.8, 4) is 11.5 Å². The van der Waals surface area contributed by atoms with E-state index in [2.05, 4.69) is 37.4 Å². The summed E-state index contributed by atoms with van der Waals surface area (Å²) in [4.78, 5) is 0. The maximum absolute atomic E-state index is 5.29. The van der Waals surface area contributed by atoms with Crippen molar-refractivity contribution in [2.75, 3.05) is 14.2 Å². The maximum atomic E-state index is 5.29. The number of benzene rings is 2. The van der Waals surface area contributed by atoms with Crippen LogP contribution in [0.15, 0.2) is 36.4 Å². The number of hydrogen-bond acceptors (Lipinski definition) is 3.